The number of hydrogen-bond donors (Lipinski definition) is 2. The molecule has 1 atom stereocenters. The number of anilines is 1. The van der Waals surface area contributed by atoms with Gasteiger partial charge in [-0.05, 0) is 24.6 Å². The van der Waals surface area contributed by atoms with Crippen molar-refractivity contribution in [3.05, 3.63) is 52.7 Å². The van der Waals surface area contributed by atoms with Crippen LogP contribution in [0.15, 0.2) is 35.1 Å². The van der Waals surface area contributed by atoms with Crippen LogP contribution in [0.1, 0.15) is 29.8 Å². The second kappa shape index (κ2) is 8.02. The summed E-state index contributed by atoms with van der Waals surface area (Å²) < 4.78 is 25.3. The lowest BCUT2D eigenvalue weighted by atomic mass is 10.0. The monoisotopic (exact) mass is 382 g/mol. The molecule has 2 aromatic rings. The summed E-state index contributed by atoms with van der Waals surface area (Å²) in [5.41, 5.74) is 14.3. The topological polar surface area (TPSA) is 132 Å². The summed E-state index contributed by atoms with van der Waals surface area (Å²) in [7, 11) is 1.48. The van der Waals surface area contributed by atoms with E-state index >= 15 is 0 Å². The number of hydrogen-bond acceptors (Lipinski definition) is 8. The molecule has 1 aromatic carbocycles. The van der Waals surface area contributed by atoms with Crippen LogP contribution in [0.3, 0.4) is 0 Å². The first-order valence-corrected chi connectivity index (χ1v) is 8.46. The predicted octanol–water partition coefficient (Wildman–Crippen LogP) is 2.13. The first-order chi connectivity index (χ1) is 13.4. The summed E-state index contributed by atoms with van der Waals surface area (Å²) in [6, 6.07) is 6.34. The SMILES string of the molecule is CN=C(C#N)/C1=C(\N)COCc2ccc(F)cc2C(C)Oc2nc1cnc2N. The Morgan fingerprint density at radius 2 is 2.14 bits per heavy atom. The molecule has 1 aliphatic rings. The summed E-state index contributed by atoms with van der Waals surface area (Å²) in [4.78, 5) is 12.4. The van der Waals surface area contributed by atoms with Crippen LogP contribution in [0.4, 0.5) is 10.2 Å². The number of rotatable bonds is 1. The molecular weight excluding hydrogens is 363 g/mol. The number of allylic oxidation sites excluding steroid dienone is 1. The molecule has 9 heteroatoms. The Bertz CT molecular complexity index is 1010. The van der Waals surface area contributed by atoms with Crippen LogP contribution in [-0.4, -0.2) is 29.3 Å². The third kappa shape index (κ3) is 3.77. The van der Waals surface area contributed by atoms with Gasteiger partial charge in [0.25, 0.3) is 5.88 Å². The molecule has 1 unspecified atom stereocenters. The zero-order chi connectivity index (χ0) is 20.3. The second-order valence-electron chi connectivity index (χ2n) is 6.13. The number of aromatic nitrogens is 2. The van der Waals surface area contributed by atoms with Crippen molar-refractivity contribution in [2.45, 2.75) is 19.6 Å². The minimum atomic E-state index is -0.569. The normalized spacial score (nSPS) is 20.2. The highest BCUT2D eigenvalue weighted by atomic mass is 19.1. The van der Waals surface area contributed by atoms with Crippen LogP contribution in [0.25, 0.3) is 5.57 Å². The number of ether oxygens (including phenoxy) is 2. The third-order valence-corrected chi connectivity index (χ3v) is 4.26. The van der Waals surface area contributed by atoms with Crippen LogP contribution in [-0.2, 0) is 11.3 Å². The highest BCUT2D eigenvalue weighted by molar-refractivity contribution is 6.31. The highest BCUT2D eigenvalue weighted by Gasteiger charge is 2.22. The van der Waals surface area contributed by atoms with E-state index in [-0.39, 0.29) is 42.0 Å². The van der Waals surface area contributed by atoms with E-state index in [1.807, 2.05) is 6.07 Å². The van der Waals surface area contributed by atoms with Crippen molar-refractivity contribution < 1.29 is 13.9 Å². The van der Waals surface area contributed by atoms with Gasteiger partial charge in [-0.25, -0.2) is 14.4 Å². The summed E-state index contributed by atoms with van der Waals surface area (Å²) in [5, 5.41) is 9.42. The molecule has 1 aromatic heterocycles. The maximum absolute atomic E-state index is 13.8. The number of benzene rings is 1. The highest BCUT2D eigenvalue weighted by Crippen LogP contribution is 2.29. The zero-order valence-electron chi connectivity index (χ0n) is 15.4. The molecule has 0 saturated carbocycles. The van der Waals surface area contributed by atoms with E-state index in [1.165, 1.54) is 25.4 Å². The number of halogens is 1. The van der Waals surface area contributed by atoms with Gasteiger partial charge < -0.3 is 20.9 Å². The number of nitrogens with two attached hydrogens (primary N) is 2. The lowest BCUT2D eigenvalue weighted by Crippen LogP contribution is -2.18. The van der Waals surface area contributed by atoms with Gasteiger partial charge in [-0.2, -0.15) is 5.26 Å². The van der Waals surface area contributed by atoms with E-state index in [4.69, 9.17) is 20.9 Å². The van der Waals surface area contributed by atoms with Gasteiger partial charge in [0.05, 0.1) is 30.7 Å². The van der Waals surface area contributed by atoms with E-state index in [9.17, 15) is 9.65 Å². The van der Waals surface area contributed by atoms with Gasteiger partial charge in [-0.15, -0.1) is 0 Å². The van der Waals surface area contributed by atoms with E-state index in [2.05, 4.69) is 15.0 Å². The van der Waals surface area contributed by atoms with Gasteiger partial charge in [0.15, 0.2) is 5.82 Å². The molecule has 1 aliphatic heterocycles. The van der Waals surface area contributed by atoms with Crippen molar-refractivity contribution in [1.82, 2.24) is 9.97 Å². The lowest BCUT2D eigenvalue weighted by Gasteiger charge is -2.21. The fourth-order valence-corrected chi connectivity index (χ4v) is 2.89. The standard InChI is InChI=1S/C19H19FN6O2/c1-10-13-5-12(20)4-3-11(13)8-27-9-14(22)17(15(6-21)24-2)16-7-25-18(23)19(26-16)28-10/h3-5,7,10H,8-9,22H2,1-2H3,(H2,23,25)/b17-14+,24-15?. The summed E-state index contributed by atoms with van der Waals surface area (Å²) in [6.07, 6.45) is 0.817. The van der Waals surface area contributed by atoms with Crippen molar-refractivity contribution >= 4 is 17.1 Å². The van der Waals surface area contributed by atoms with E-state index in [0.29, 0.717) is 11.1 Å². The van der Waals surface area contributed by atoms with Crippen LogP contribution in [0, 0.1) is 17.1 Å². The van der Waals surface area contributed by atoms with Crippen molar-refractivity contribution in [2.24, 2.45) is 10.7 Å². The quantitative estimate of drug-likeness (QED) is 0.722. The van der Waals surface area contributed by atoms with Gasteiger partial charge in [0.1, 0.15) is 23.7 Å². The fraction of sp³-hybridized carbons (Fsp3) is 0.263. The molecule has 0 radical (unpaired) electrons. The largest absolute Gasteiger partial charge is 0.467 e. The summed E-state index contributed by atoms with van der Waals surface area (Å²) in [5.74, 6) is -0.277. The Balaban J connectivity index is 2.18. The molecule has 2 heterocycles. The maximum Gasteiger partial charge on any atom is 0.258 e. The van der Waals surface area contributed by atoms with E-state index in [0.717, 1.165) is 5.56 Å². The Morgan fingerprint density at radius 1 is 1.36 bits per heavy atom. The third-order valence-electron chi connectivity index (χ3n) is 4.26. The van der Waals surface area contributed by atoms with Gasteiger partial charge in [-0.1, -0.05) is 6.07 Å². The number of aliphatic imine (C=N–C) groups is 1. The van der Waals surface area contributed by atoms with E-state index in [1.54, 1.807) is 13.0 Å². The van der Waals surface area contributed by atoms with Crippen molar-refractivity contribution in [3.63, 3.8) is 0 Å². The lowest BCUT2D eigenvalue weighted by molar-refractivity contribution is 0.137. The van der Waals surface area contributed by atoms with E-state index < -0.39 is 11.9 Å². The predicted molar refractivity (Wildman–Crippen MR) is 102 cm³/mol. The van der Waals surface area contributed by atoms with Crippen LogP contribution in [0.5, 0.6) is 5.88 Å². The fourth-order valence-electron chi connectivity index (χ4n) is 2.89. The second-order valence-corrected chi connectivity index (χ2v) is 6.13. The van der Waals surface area contributed by atoms with Crippen molar-refractivity contribution in [1.29, 1.82) is 5.26 Å². The minimum Gasteiger partial charge on any atom is -0.467 e. The number of nitrogens with zero attached hydrogens (tertiary/aromatic N) is 4. The molecule has 0 saturated heterocycles. The summed E-state index contributed by atoms with van der Waals surface area (Å²) in [6.45, 7) is 1.94. The first kappa shape index (κ1) is 19.3. The Hall–Kier alpha value is -3.51. The Labute approximate surface area is 161 Å². The minimum absolute atomic E-state index is 0.0173. The molecule has 4 N–H and O–H groups in total. The molecule has 0 fully saturated rings. The van der Waals surface area contributed by atoms with Gasteiger partial charge in [0.2, 0.25) is 0 Å². The molecule has 0 amide bonds. The van der Waals surface area contributed by atoms with Gasteiger partial charge in [0, 0.05) is 18.3 Å². The van der Waals surface area contributed by atoms with Crippen molar-refractivity contribution in [2.75, 3.05) is 19.4 Å². The average Bonchev–Trinajstić information content (AvgIpc) is 2.68. The molecule has 3 rings (SSSR count). The van der Waals surface area contributed by atoms with Gasteiger partial charge >= 0.3 is 0 Å². The molecule has 2 bridgehead atoms. The Kier molecular flexibility index (Phi) is 5.52. The number of nitriles is 1. The molecular formula is C19H19FN6O2. The zero-order valence-corrected chi connectivity index (χ0v) is 15.4. The first-order valence-electron chi connectivity index (χ1n) is 8.46. The van der Waals surface area contributed by atoms with Crippen molar-refractivity contribution in [3.8, 4) is 11.9 Å². The number of nitrogen functional groups attached to an aromatic ring is 1. The van der Waals surface area contributed by atoms with Crippen LogP contribution in [0.2, 0.25) is 0 Å². The number of fused-ring (bicyclic) bond motifs is 3. The van der Waals surface area contributed by atoms with Crippen LogP contribution >= 0.6 is 0 Å². The van der Waals surface area contributed by atoms with Gasteiger partial charge in [-0.3, -0.25) is 4.99 Å². The Morgan fingerprint density at radius 3 is 2.86 bits per heavy atom. The molecule has 8 nitrogen and oxygen atoms in total. The van der Waals surface area contributed by atoms with Crippen LogP contribution < -0.4 is 16.2 Å². The smallest absolute Gasteiger partial charge is 0.258 e. The molecule has 28 heavy (non-hydrogen) atoms. The summed E-state index contributed by atoms with van der Waals surface area (Å²) >= 11 is 0. The molecule has 0 spiro atoms. The maximum atomic E-state index is 13.8. The molecule has 0 aliphatic carbocycles. The molecule has 144 valence electrons. The average molecular weight is 382 g/mol.